The van der Waals surface area contributed by atoms with Gasteiger partial charge in [-0.15, -0.1) is 0 Å². The molecule has 0 atom stereocenters. The van der Waals surface area contributed by atoms with E-state index in [2.05, 4.69) is 15.9 Å². The Morgan fingerprint density at radius 3 is 2.50 bits per heavy atom. The minimum atomic E-state index is -0.503. The van der Waals surface area contributed by atoms with E-state index in [9.17, 15) is 9.59 Å². The van der Waals surface area contributed by atoms with Gasteiger partial charge in [-0.1, -0.05) is 24.3 Å². The third kappa shape index (κ3) is 4.14. The molecule has 5 nitrogen and oxygen atoms in total. The highest BCUT2D eigenvalue weighted by atomic mass is 79.9. The van der Waals surface area contributed by atoms with Crippen molar-refractivity contribution in [3.63, 3.8) is 0 Å². The molecule has 0 aliphatic carbocycles. The van der Waals surface area contributed by atoms with Crippen LogP contribution in [0.15, 0.2) is 77.0 Å². The number of allylic oxidation sites excluding steroid dienone is 1. The Hall–Kier alpha value is -3.38. The molecule has 0 spiro atoms. The summed E-state index contributed by atoms with van der Waals surface area (Å²) in [6.07, 6.45) is 1.67. The molecule has 0 amide bonds. The fourth-order valence-electron chi connectivity index (χ4n) is 3.00. The highest BCUT2D eigenvalue weighted by Gasteiger charge is 2.28. The summed E-state index contributed by atoms with van der Waals surface area (Å²) in [5.74, 6) is 0.903. The Kier molecular flexibility index (Phi) is 5.68. The van der Waals surface area contributed by atoms with Crippen molar-refractivity contribution in [1.82, 2.24) is 0 Å². The van der Waals surface area contributed by atoms with Crippen molar-refractivity contribution < 1.29 is 23.8 Å². The molecule has 0 radical (unpaired) electrons. The number of benzene rings is 3. The molecule has 4 rings (SSSR count). The summed E-state index contributed by atoms with van der Waals surface area (Å²) in [5, 5.41) is 0. The van der Waals surface area contributed by atoms with Gasteiger partial charge in [0.25, 0.3) is 0 Å². The molecular formula is C24H17BrO5. The second kappa shape index (κ2) is 8.55. The molecule has 0 fully saturated rings. The fourth-order valence-corrected chi connectivity index (χ4v) is 3.44. The number of esters is 1. The third-order valence-corrected chi connectivity index (χ3v) is 5.13. The SMILES string of the molecule is CCOc1ccc(C=C2Oc3cc(OC(=O)c4ccccc4Br)ccc3C2=O)cc1. The number of ether oxygens (including phenoxy) is 3. The second-order valence-corrected chi connectivity index (χ2v) is 7.32. The molecule has 1 aliphatic heterocycles. The van der Waals surface area contributed by atoms with Gasteiger partial charge in [-0.05, 0) is 70.9 Å². The number of fused-ring (bicyclic) bond motifs is 1. The van der Waals surface area contributed by atoms with Gasteiger partial charge in [0, 0.05) is 10.5 Å². The molecule has 30 heavy (non-hydrogen) atoms. The molecule has 0 aromatic heterocycles. The number of rotatable bonds is 5. The number of carbonyl (C=O) groups excluding carboxylic acids is 2. The number of hydrogen-bond acceptors (Lipinski definition) is 5. The molecular weight excluding hydrogens is 448 g/mol. The first-order chi connectivity index (χ1) is 14.5. The molecule has 1 aliphatic rings. The van der Waals surface area contributed by atoms with Gasteiger partial charge in [-0.25, -0.2) is 4.79 Å². The number of halogens is 1. The molecule has 0 N–H and O–H groups in total. The first-order valence-electron chi connectivity index (χ1n) is 9.33. The lowest BCUT2D eigenvalue weighted by atomic mass is 10.1. The normalized spacial score (nSPS) is 13.7. The maximum atomic E-state index is 12.6. The summed E-state index contributed by atoms with van der Waals surface area (Å²) in [5.41, 5.74) is 1.65. The molecule has 150 valence electrons. The van der Waals surface area contributed by atoms with Crippen molar-refractivity contribution in [2.75, 3.05) is 6.61 Å². The Bertz CT molecular complexity index is 1150. The van der Waals surface area contributed by atoms with Crippen LogP contribution >= 0.6 is 15.9 Å². The largest absolute Gasteiger partial charge is 0.494 e. The van der Waals surface area contributed by atoms with E-state index in [4.69, 9.17) is 14.2 Å². The molecule has 3 aromatic carbocycles. The number of ketones is 1. The van der Waals surface area contributed by atoms with E-state index in [1.807, 2.05) is 37.3 Å². The van der Waals surface area contributed by atoms with Gasteiger partial charge in [-0.2, -0.15) is 0 Å². The average molecular weight is 465 g/mol. The van der Waals surface area contributed by atoms with Gasteiger partial charge in [-0.3, -0.25) is 4.79 Å². The van der Waals surface area contributed by atoms with Crippen molar-refractivity contribution in [3.8, 4) is 17.2 Å². The van der Waals surface area contributed by atoms with E-state index in [0.717, 1.165) is 11.3 Å². The van der Waals surface area contributed by atoms with Gasteiger partial charge in [0.2, 0.25) is 5.78 Å². The molecule has 3 aromatic rings. The van der Waals surface area contributed by atoms with Crippen LogP contribution in [0.2, 0.25) is 0 Å². The monoisotopic (exact) mass is 464 g/mol. The van der Waals surface area contributed by atoms with Crippen LogP contribution in [-0.4, -0.2) is 18.4 Å². The van der Waals surface area contributed by atoms with Crippen molar-refractivity contribution in [3.05, 3.63) is 93.7 Å². The van der Waals surface area contributed by atoms with Crippen LogP contribution in [0, 0.1) is 0 Å². The van der Waals surface area contributed by atoms with E-state index in [1.165, 1.54) is 0 Å². The number of carbonyl (C=O) groups is 2. The van der Waals surface area contributed by atoms with Gasteiger partial charge < -0.3 is 14.2 Å². The van der Waals surface area contributed by atoms with Gasteiger partial charge in [0.05, 0.1) is 17.7 Å². The van der Waals surface area contributed by atoms with E-state index < -0.39 is 5.97 Å². The fraction of sp³-hybridized carbons (Fsp3) is 0.0833. The van der Waals surface area contributed by atoms with Gasteiger partial charge >= 0.3 is 5.97 Å². The number of hydrogen-bond donors (Lipinski definition) is 0. The van der Waals surface area contributed by atoms with Crippen molar-refractivity contribution >= 4 is 33.8 Å². The molecule has 0 saturated heterocycles. The van der Waals surface area contributed by atoms with E-state index in [1.54, 1.807) is 42.5 Å². The van der Waals surface area contributed by atoms with Crippen molar-refractivity contribution in [2.45, 2.75) is 6.92 Å². The zero-order valence-electron chi connectivity index (χ0n) is 16.1. The van der Waals surface area contributed by atoms with Crippen LogP contribution in [0.3, 0.4) is 0 Å². The summed E-state index contributed by atoms with van der Waals surface area (Å²) in [6, 6.07) is 19.1. The lowest BCUT2D eigenvalue weighted by molar-refractivity contribution is 0.0733. The second-order valence-electron chi connectivity index (χ2n) is 6.47. The minimum Gasteiger partial charge on any atom is -0.494 e. The Morgan fingerprint density at radius 1 is 1.03 bits per heavy atom. The van der Waals surface area contributed by atoms with E-state index >= 15 is 0 Å². The summed E-state index contributed by atoms with van der Waals surface area (Å²) >= 11 is 3.33. The number of Topliss-reactive ketones (excluding diaryl/α,β-unsaturated/α-hetero) is 1. The van der Waals surface area contributed by atoms with Gasteiger partial charge in [0.15, 0.2) is 5.76 Å². The maximum absolute atomic E-state index is 12.6. The topological polar surface area (TPSA) is 61.8 Å². The summed E-state index contributed by atoms with van der Waals surface area (Å²) in [7, 11) is 0. The predicted octanol–water partition coefficient (Wildman–Crippen LogP) is 5.68. The van der Waals surface area contributed by atoms with Crippen LogP contribution in [0.25, 0.3) is 6.08 Å². The molecule has 0 saturated carbocycles. The highest BCUT2D eigenvalue weighted by molar-refractivity contribution is 9.10. The Morgan fingerprint density at radius 2 is 1.77 bits per heavy atom. The van der Waals surface area contributed by atoms with Crippen LogP contribution in [0.4, 0.5) is 0 Å². The lowest BCUT2D eigenvalue weighted by Crippen LogP contribution is -2.09. The van der Waals surface area contributed by atoms with Crippen LogP contribution in [0.1, 0.15) is 33.2 Å². The van der Waals surface area contributed by atoms with Crippen molar-refractivity contribution in [2.24, 2.45) is 0 Å². The average Bonchev–Trinajstić information content (AvgIpc) is 3.04. The smallest absolute Gasteiger partial charge is 0.344 e. The van der Waals surface area contributed by atoms with Crippen molar-refractivity contribution in [1.29, 1.82) is 0 Å². The van der Waals surface area contributed by atoms with E-state index in [0.29, 0.717) is 33.7 Å². The quantitative estimate of drug-likeness (QED) is 0.276. The molecule has 0 bridgehead atoms. The lowest BCUT2D eigenvalue weighted by Gasteiger charge is -2.07. The van der Waals surface area contributed by atoms with E-state index in [-0.39, 0.29) is 11.5 Å². The highest BCUT2D eigenvalue weighted by Crippen LogP contribution is 2.35. The molecule has 1 heterocycles. The molecule has 6 heteroatoms. The summed E-state index contributed by atoms with van der Waals surface area (Å²) < 4.78 is 17.2. The van der Waals surface area contributed by atoms with Crippen LogP contribution in [-0.2, 0) is 0 Å². The van der Waals surface area contributed by atoms with Crippen LogP contribution in [0.5, 0.6) is 17.2 Å². The summed E-state index contributed by atoms with van der Waals surface area (Å²) in [4.78, 5) is 25.0. The minimum absolute atomic E-state index is 0.212. The van der Waals surface area contributed by atoms with Crippen LogP contribution < -0.4 is 14.2 Å². The first-order valence-corrected chi connectivity index (χ1v) is 10.1. The summed E-state index contributed by atoms with van der Waals surface area (Å²) in [6.45, 7) is 2.51. The Balaban J connectivity index is 1.52. The Labute approximate surface area is 182 Å². The zero-order chi connectivity index (χ0) is 21.1. The predicted molar refractivity (Wildman–Crippen MR) is 116 cm³/mol. The maximum Gasteiger partial charge on any atom is 0.344 e. The first kappa shape index (κ1) is 19.9. The third-order valence-electron chi connectivity index (χ3n) is 4.43. The molecule has 0 unspecified atom stereocenters. The van der Waals surface area contributed by atoms with Gasteiger partial charge in [0.1, 0.15) is 17.2 Å². The standard InChI is InChI=1S/C24H17BrO5/c1-2-28-16-9-7-15(8-10-16)13-22-23(26)19-12-11-17(14-21(19)30-22)29-24(27)18-5-3-4-6-20(18)25/h3-14H,2H2,1H3. The zero-order valence-corrected chi connectivity index (χ0v) is 17.6.